The lowest BCUT2D eigenvalue weighted by atomic mass is 9.85. The molecule has 0 aliphatic carbocycles. The van der Waals surface area contributed by atoms with Crippen molar-refractivity contribution < 1.29 is 19.4 Å². The Morgan fingerprint density at radius 1 is 1.00 bits per heavy atom. The van der Waals surface area contributed by atoms with Crippen molar-refractivity contribution in [2.24, 2.45) is 11.8 Å². The summed E-state index contributed by atoms with van der Waals surface area (Å²) in [5, 5.41) is 9.21. The first-order valence-electron chi connectivity index (χ1n) is 6.97. The summed E-state index contributed by atoms with van der Waals surface area (Å²) in [7, 11) is 0. The molecule has 0 aromatic heterocycles. The zero-order chi connectivity index (χ0) is 14.0. The van der Waals surface area contributed by atoms with E-state index in [0.29, 0.717) is 19.4 Å². The van der Waals surface area contributed by atoms with Crippen LogP contribution in [0.15, 0.2) is 0 Å². The normalized spacial score (nSPS) is 13.9. The molecule has 0 amide bonds. The minimum Gasteiger partial charge on any atom is -0.481 e. The summed E-state index contributed by atoms with van der Waals surface area (Å²) in [4.78, 5) is 23.2. The summed E-state index contributed by atoms with van der Waals surface area (Å²) in [5.41, 5.74) is 0. The molecule has 2 atom stereocenters. The van der Waals surface area contributed by atoms with Gasteiger partial charge in [0.05, 0.1) is 18.4 Å². The number of hydrogen-bond donors (Lipinski definition) is 1. The molecule has 0 rings (SSSR count). The quantitative estimate of drug-likeness (QED) is 0.482. The van der Waals surface area contributed by atoms with Crippen molar-refractivity contribution in [2.45, 2.75) is 59.3 Å². The minimum absolute atomic E-state index is 0.342. The fraction of sp³-hybridized carbons (Fsp3) is 0.857. The van der Waals surface area contributed by atoms with Gasteiger partial charge in [0.15, 0.2) is 0 Å². The van der Waals surface area contributed by atoms with Crippen molar-refractivity contribution in [3.05, 3.63) is 0 Å². The van der Waals surface area contributed by atoms with Gasteiger partial charge >= 0.3 is 11.9 Å². The molecule has 0 aliphatic rings. The number of unbranched alkanes of at least 4 members (excludes halogenated alkanes) is 1. The predicted octanol–water partition coefficient (Wildman–Crippen LogP) is 3.25. The van der Waals surface area contributed by atoms with E-state index in [1.54, 1.807) is 0 Å². The van der Waals surface area contributed by atoms with Crippen LogP contribution in [0.25, 0.3) is 0 Å². The molecule has 0 aromatic carbocycles. The van der Waals surface area contributed by atoms with Crippen molar-refractivity contribution in [1.29, 1.82) is 0 Å². The van der Waals surface area contributed by atoms with E-state index in [1.165, 1.54) is 0 Å². The van der Waals surface area contributed by atoms with E-state index >= 15 is 0 Å². The maximum Gasteiger partial charge on any atom is 0.309 e. The number of carboxylic acid groups (broad SMARTS) is 1. The molecule has 1 N–H and O–H groups in total. The fourth-order valence-corrected chi connectivity index (χ4v) is 2.03. The Morgan fingerprint density at radius 3 is 2.00 bits per heavy atom. The van der Waals surface area contributed by atoms with E-state index in [9.17, 15) is 14.7 Å². The van der Waals surface area contributed by atoms with E-state index in [1.807, 2.05) is 20.8 Å². The van der Waals surface area contributed by atoms with E-state index in [-0.39, 0.29) is 5.97 Å². The minimum atomic E-state index is -0.886. The number of rotatable bonds is 10. The van der Waals surface area contributed by atoms with Crippen LogP contribution in [0.1, 0.15) is 59.3 Å². The van der Waals surface area contributed by atoms with Crippen molar-refractivity contribution in [1.82, 2.24) is 0 Å². The molecule has 0 aliphatic heterocycles. The van der Waals surface area contributed by atoms with E-state index < -0.39 is 17.8 Å². The predicted molar refractivity (Wildman–Crippen MR) is 70.3 cm³/mol. The van der Waals surface area contributed by atoms with E-state index in [4.69, 9.17) is 4.74 Å². The Balaban J connectivity index is 4.57. The molecule has 0 aromatic rings. The Hall–Kier alpha value is -1.06. The highest BCUT2D eigenvalue weighted by atomic mass is 16.5. The van der Waals surface area contributed by atoms with Crippen LogP contribution in [-0.2, 0) is 14.3 Å². The Morgan fingerprint density at radius 2 is 1.56 bits per heavy atom. The Kier molecular flexibility index (Phi) is 9.33. The van der Waals surface area contributed by atoms with Crippen LogP contribution < -0.4 is 0 Å². The van der Waals surface area contributed by atoms with Gasteiger partial charge in [-0.15, -0.1) is 0 Å². The number of carbonyl (C=O) groups excluding carboxylic acids is 1. The Labute approximate surface area is 110 Å². The zero-order valence-corrected chi connectivity index (χ0v) is 11.8. The molecule has 4 nitrogen and oxygen atoms in total. The first kappa shape index (κ1) is 16.9. The number of esters is 1. The van der Waals surface area contributed by atoms with Gasteiger partial charge in [0.2, 0.25) is 0 Å². The third-order valence-electron chi connectivity index (χ3n) is 3.05. The van der Waals surface area contributed by atoms with Crippen LogP contribution in [0.4, 0.5) is 0 Å². The fourth-order valence-electron chi connectivity index (χ4n) is 2.03. The first-order valence-corrected chi connectivity index (χ1v) is 6.97. The maximum absolute atomic E-state index is 11.9. The molecular formula is C14H26O4. The van der Waals surface area contributed by atoms with Gasteiger partial charge in [-0.2, -0.15) is 0 Å². The van der Waals surface area contributed by atoms with Crippen LogP contribution >= 0.6 is 0 Å². The van der Waals surface area contributed by atoms with E-state index in [2.05, 4.69) is 0 Å². The number of aliphatic carboxylic acids is 1. The van der Waals surface area contributed by atoms with Gasteiger partial charge < -0.3 is 9.84 Å². The van der Waals surface area contributed by atoms with Gasteiger partial charge in [-0.1, -0.05) is 40.0 Å². The molecule has 0 spiro atoms. The summed E-state index contributed by atoms with van der Waals surface area (Å²) >= 11 is 0. The van der Waals surface area contributed by atoms with Crippen LogP contribution in [0, 0.1) is 11.8 Å². The van der Waals surface area contributed by atoms with Gasteiger partial charge in [0.1, 0.15) is 0 Å². The zero-order valence-electron chi connectivity index (χ0n) is 11.8. The standard InChI is InChI=1S/C14H26O4/c1-4-7-10-18-14(17)12(9-6-3)11(8-5-2)13(15)16/h11-12H,4-10H2,1-3H3,(H,15,16). The van der Waals surface area contributed by atoms with Crippen molar-refractivity contribution in [3.63, 3.8) is 0 Å². The topological polar surface area (TPSA) is 63.6 Å². The van der Waals surface area contributed by atoms with Crippen molar-refractivity contribution >= 4 is 11.9 Å². The monoisotopic (exact) mass is 258 g/mol. The lowest BCUT2D eigenvalue weighted by molar-refractivity contribution is -0.158. The van der Waals surface area contributed by atoms with Gasteiger partial charge in [0.25, 0.3) is 0 Å². The highest BCUT2D eigenvalue weighted by Crippen LogP contribution is 2.24. The molecule has 0 saturated carbocycles. The smallest absolute Gasteiger partial charge is 0.309 e. The first-order chi connectivity index (χ1) is 8.58. The lowest BCUT2D eigenvalue weighted by Gasteiger charge is -2.21. The van der Waals surface area contributed by atoms with Gasteiger partial charge in [0, 0.05) is 0 Å². The third-order valence-corrected chi connectivity index (χ3v) is 3.05. The number of carbonyl (C=O) groups is 2. The number of ether oxygens (including phenoxy) is 1. The average molecular weight is 258 g/mol. The largest absolute Gasteiger partial charge is 0.481 e. The van der Waals surface area contributed by atoms with Crippen LogP contribution in [0.3, 0.4) is 0 Å². The second-order valence-electron chi connectivity index (χ2n) is 4.65. The Bertz CT molecular complexity index is 250. The SMILES string of the molecule is CCCCOC(=O)C(CCC)C(CCC)C(=O)O. The van der Waals surface area contributed by atoms with Crippen LogP contribution in [0.2, 0.25) is 0 Å². The molecule has 0 saturated heterocycles. The molecule has 0 bridgehead atoms. The molecule has 4 heteroatoms. The number of carboxylic acids is 1. The number of hydrogen-bond acceptors (Lipinski definition) is 3. The highest BCUT2D eigenvalue weighted by molar-refractivity contribution is 5.81. The summed E-state index contributed by atoms with van der Waals surface area (Å²) < 4.78 is 5.17. The molecule has 0 fully saturated rings. The van der Waals surface area contributed by atoms with Gasteiger partial charge in [-0.25, -0.2) is 0 Å². The van der Waals surface area contributed by atoms with Crippen LogP contribution in [0.5, 0.6) is 0 Å². The molecular weight excluding hydrogens is 232 g/mol. The average Bonchev–Trinajstić information content (AvgIpc) is 2.33. The molecule has 18 heavy (non-hydrogen) atoms. The molecule has 0 heterocycles. The second kappa shape index (κ2) is 9.92. The summed E-state index contributed by atoms with van der Waals surface area (Å²) in [6, 6.07) is 0. The maximum atomic E-state index is 11.9. The van der Waals surface area contributed by atoms with Crippen LogP contribution in [-0.4, -0.2) is 23.7 Å². The van der Waals surface area contributed by atoms with Crippen molar-refractivity contribution in [3.8, 4) is 0 Å². The molecule has 106 valence electrons. The summed E-state index contributed by atoms with van der Waals surface area (Å²) in [6.45, 7) is 6.31. The second-order valence-corrected chi connectivity index (χ2v) is 4.65. The lowest BCUT2D eigenvalue weighted by Crippen LogP contribution is -2.31. The summed E-state index contributed by atoms with van der Waals surface area (Å²) in [5.74, 6) is -2.33. The third kappa shape index (κ3) is 6.03. The highest BCUT2D eigenvalue weighted by Gasteiger charge is 2.33. The van der Waals surface area contributed by atoms with E-state index in [0.717, 1.165) is 25.7 Å². The summed E-state index contributed by atoms with van der Waals surface area (Å²) in [6.07, 6.45) is 4.46. The van der Waals surface area contributed by atoms with Gasteiger partial charge in [-0.3, -0.25) is 9.59 Å². The molecule has 2 unspecified atom stereocenters. The molecule has 0 radical (unpaired) electrons. The van der Waals surface area contributed by atoms with Gasteiger partial charge in [-0.05, 0) is 19.3 Å². The van der Waals surface area contributed by atoms with Crippen molar-refractivity contribution in [2.75, 3.05) is 6.61 Å².